The number of alkyl halides is 3. The van der Waals surface area contributed by atoms with Gasteiger partial charge in [-0.05, 0) is 35.9 Å². The van der Waals surface area contributed by atoms with Crippen molar-refractivity contribution in [3.63, 3.8) is 0 Å². The maximum absolute atomic E-state index is 13.5. The van der Waals surface area contributed by atoms with Gasteiger partial charge in [0.15, 0.2) is 0 Å². The molecule has 3 aromatic rings. The molecule has 0 aliphatic carbocycles. The number of anilines is 4. The number of benzene rings is 1. The van der Waals surface area contributed by atoms with Crippen LogP contribution in [0.2, 0.25) is 0 Å². The van der Waals surface area contributed by atoms with E-state index in [1.807, 2.05) is 0 Å². The second kappa shape index (κ2) is 9.63. The topological polar surface area (TPSA) is 160 Å². The van der Waals surface area contributed by atoms with E-state index in [2.05, 4.69) is 25.6 Å². The van der Waals surface area contributed by atoms with Crippen LogP contribution >= 0.6 is 0 Å². The minimum absolute atomic E-state index is 0.147. The summed E-state index contributed by atoms with van der Waals surface area (Å²) >= 11 is 0. The number of hydrogen-bond acceptors (Lipinski definition) is 9. The summed E-state index contributed by atoms with van der Waals surface area (Å²) in [6, 6.07) is 6.58. The number of nitrogens with two attached hydrogens (primary N) is 1. The molecule has 0 fully saturated rings. The molecule has 16 heteroatoms. The van der Waals surface area contributed by atoms with Crippen LogP contribution in [0.3, 0.4) is 0 Å². The lowest BCUT2D eigenvalue weighted by atomic mass is 10.2. The lowest BCUT2D eigenvalue weighted by Gasteiger charge is -2.20. The molecule has 0 aliphatic heterocycles. The van der Waals surface area contributed by atoms with Gasteiger partial charge in [-0.25, -0.2) is 27.0 Å². The number of halogens is 3. The fourth-order valence-electron chi connectivity index (χ4n) is 2.85. The third-order valence-corrected chi connectivity index (χ3v) is 6.82. The first-order chi connectivity index (χ1) is 16.2. The van der Waals surface area contributed by atoms with Gasteiger partial charge in [0.2, 0.25) is 26.0 Å². The van der Waals surface area contributed by atoms with Gasteiger partial charge in [0.25, 0.3) is 0 Å². The standard InChI is InChI=1S/C19H20F3N7O4S2/c1-29(34(2,30)31)16-11-24-8-7-12(16)9-25-17-15(19(20,21)22)10-26-18(28-17)27-13-3-5-14(6-4-13)35(23,32)33/h3-8,10-11H,9H2,1-2H3,(H2,23,32,33)(H2,25,26,27,28). The van der Waals surface area contributed by atoms with E-state index in [0.29, 0.717) is 17.4 Å². The molecule has 0 saturated carbocycles. The maximum atomic E-state index is 13.5. The molecule has 2 aromatic heterocycles. The summed E-state index contributed by atoms with van der Waals surface area (Å²) in [6.07, 6.45) is -0.549. The first-order valence-electron chi connectivity index (χ1n) is 9.61. The highest BCUT2D eigenvalue weighted by molar-refractivity contribution is 7.92. The van der Waals surface area contributed by atoms with Crippen molar-refractivity contribution in [1.29, 1.82) is 0 Å². The molecule has 0 amide bonds. The predicted molar refractivity (Wildman–Crippen MR) is 123 cm³/mol. The molecule has 35 heavy (non-hydrogen) atoms. The molecule has 2 heterocycles. The number of nitrogens with zero attached hydrogens (tertiary/aromatic N) is 4. The van der Waals surface area contributed by atoms with Gasteiger partial charge >= 0.3 is 6.18 Å². The van der Waals surface area contributed by atoms with E-state index < -0.39 is 37.6 Å². The second-order valence-electron chi connectivity index (χ2n) is 7.24. The molecule has 0 unspecified atom stereocenters. The monoisotopic (exact) mass is 531 g/mol. The van der Waals surface area contributed by atoms with Crippen molar-refractivity contribution in [3.05, 3.63) is 60.0 Å². The summed E-state index contributed by atoms with van der Waals surface area (Å²) in [5.41, 5.74) is -0.305. The fourth-order valence-corrected chi connectivity index (χ4v) is 3.88. The van der Waals surface area contributed by atoms with Crippen LogP contribution in [0.1, 0.15) is 11.1 Å². The Labute approximate surface area is 199 Å². The quantitative estimate of drug-likeness (QED) is 0.396. The molecule has 0 atom stereocenters. The largest absolute Gasteiger partial charge is 0.421 e. The van der Waals surface area contributed by atoms with Gasteiger partial charge in [0, 0.05) is 31.7 Å². The van der Waals surface area contributed by atoms with E-state index in [1.165, 1.54) is 49.8 Å². The van der Waals surface area contributed by atoms with E-state index in [-0.39, 0.29) is 23.1 Å². The Hall–Kier alpha value is -3.50. The minimum atomic E-state index is -4.78. The highest BCUT2D eigenvalue weighted by atomic mass is 32.2. The Morgan fingerprint density at radius 1 is 1.06 bits per heavy atom. The third kappa shape index (κ3) is 6.55. The summed E-state index contributed by atoms with van der Waals surface area (Å²) in [4.78, 5) is 11.3. The first kappa shape index (κ1) is 26.1. The summed E-state index contributed by atoms with van der Waals surface area (Å²) < 4.78 is 88.1. The Balaban J connectivity index is 1.90. The predicted octanol–water partition coefficient (Wildman–Crippen LogP) is 2.29. The lowest BCUT2D eigenvalue weighted by Crippen LogP contribution is -2.26. The van der Waals surface area contributed by atoms with Crippen LogP contribution in [0.5, 0.6) is 0 Å². The van der Waals surface area contributed by atoms with Crippen LogP contribution in [0.25, 0.3) is 0 Å². The van der Waals surface area contributed by atoms with E-state index in [0.717, 1.165) is 10.6 Å². The molecule has 0 saturated heterocycles. The Morgan fingerprint density at radius 3 is 2.29 bits per heavy atom. The van der Waals surface area contributed by atoms with Crippen LogP contribution in [-0.4, -0.2) is 45.1 Å². The number of primary sulfonamides is 1. The molecular weight excluding hydrogens is 511 g/mol. The first-order valence-corrected chi connectivity index (χ1v) is 13.0. The zero-order valence-corrected chi connectivity index (χ0v) is 19.9. The van der Waals surface area contributed by atoms with Crippen molar-refractivity contribution in [2.45, 2.75) is 17.6 Å². The minimum Gasteiger partial charge on any atom is -0.365 e. The average Bonchev–Trinajstić information content (AvgIpc) is 2.76. The molecule has 0 radical (unpaired) electrons. The second-order valence-corrected chi connectivity index (χ2v) is 10.8. The number of sulfonamides is 2. The Morgan fingerprint density at radius 2 is 1.71 bits per heavy atom. The van der Waals surface area contributed by atoms with Crippen LogP contribution in [0.15, 0.2) is 53.8 Å². The molecule has 188 valence electrons. The molecule has 0 bridgehead atoms. The fraction of sp³-hybridized carbons (Fsp3) is 0.211. The van der Waals surface area contributed by atoms with E-state index in [4.69, 9.17) is 5.14 Å². The van der Waals surface area contributed by atoms with Crippen LogP contribution in [-0.2, 0) is 32.8 Å². The van der Waals surface area contributed by atoms with Gasteiger partial charge < -0.3 is 10.6 Å². The van der Waals surface area contributed by atoms with Crippen molar-refractivity contribution >= 4 is 43.2 Å². The lowest BCUT2D eigenvalue weighted by molar-refractivity contribution is -0.137. The van der Waals surface area contributed by atoms with Crippen LogP contribution < -0.4 is 20.1 Å². The zero-order valence-electron chi connectivity index (χ0n) is 18.3. The van der Waals surface area contributed by atoms with Gasteiger partial charge in [-0.15, -0.1) is 0 Å². The number of hydrogen-bond donors (Lipinski definition) is 3. The van der Waals surface area contributed by atoms with Crippen molar-refractivity contribution in [1.82, 2.24) is 15.0 Å². The SMILES string of the molecule is CN(c1cnccc1CNc1nc(Nc2ccc(S(N)(=O)=O)cc2)ncc1C(F)(F)F)S(C)(=O)=O. The zero-order chi connectivity index (χ0) is 26.0. The van der Waals surface area contributed by atoms with Gasteiger partial charge in [-0.3, -0.25) is 9.29 Å². The van der Waals surface area contributed by atoms with Gasteiger partial charge in [-0.2, -0.15) is 18.2 Å². The summed E-state index contributed by atoms with van der Waals surface area (Å²) in [7, 11) is -6.26. The molecule has 0 spiro atoms. The molecule has 1 aromatic carbocycles. The number of pyridine rings is 1. The van der Waals surface area contributed by atoms with Crippen LogP contribution in [0, 0.1) is 0 Å². The maximum Gasteiger partial charge on any atom is 0.421 e. The van der Waals surface area contributed by atoms with Gasteiger partial charge in [0.05, 0.1) is 23.0 Å². The van der Waals surface area contributed by atoms with Crippen molar-refractivity contribution in [2.75, 3.05) is 28.2 Å². The number of rotatable bonds is 8. The van der Waals surface area contributed by atoms with Crippen molar-refractivity contribution in [2.24, 2.45) is 5.14 Å². The van der Waals surface area contributed by atoms with E-state index in [9.17, 15) is 30.0 Å². The third-order valence-electron chi connectivity index (χ3n) is 4.70. The molecule has 4 N–H and O–H groups in total. The Bertz CT molecular complexity index is 1430. The summed E-state index contributed by atoms with van der Waals surface area (Å²) in [6.45, 7) is -0.208. The summed E-state index contributed by atoms with van der Waals surface area (Å²) in [5.74, 6) is -0.756. The smallest absolute Gasteiger partial charge is 0.365 e. The normalized spacial score (nSPS) is 12.3. The van der Waals surface area contributed by atoms with Gasteiger partial charge in [-0.1, -0.05) is 0 Å². The average molecular weight is 532 g/mol. The van der Waals surface area contributed by atoms with Crippen molar-refractivity contribution < 1.29 is 30.0 Å². The number of aromatic nitrogens is 3. The van der Waals surface area contributed by atoms with Gasteiger partial charge in [0.1, 0.15) is 11.4 Å². The van der Waals surface area contributed by atoms with E-state index >= 15 is 0 Å². The molecule has 3 rings (SSSR count). The highest BCUT2D eigenvalue weighted by Gasteiger charge is 2.35. The van der Waals surface area contributed by atoms with Crippen LogP contribution in [0.4, 0.5) is 36.3 Å². The summed E-state index contributed by atoms with van der Waals surface area (Å²) in [5, 5.41) is 10.3. The van der Waals surface area contributed by atoms with Crippen molar-refractivity contribution in [3.8, 4) is 0 Å². The van der Waals surface area contributed by atoms with E-state index in [1.54, 1.807) is 0 Å². The molecular formula is C19H20F3N7O4S2. The Kier molecular flexibility index (Phi) is 7.18. The highest BCUT2D eigenvalue weighted by Crippen LogP contribution is 2.34. The molecule has 0 aliphatic rings. The molecule has 11 nitrogen and oxygen atoms in total. The number of nitrogens with one attached hydrogen (secondary N) is 2.